The van der Waals surface area contributed by atoms with E-state index in [2.05, 4.69) is 20.2 Å². The molecule has 2 heterocycles. The number of benzene rings is 1. The zero-order chi connectivity index (χ0) is 18.4. The van der Waals surface area contributed by atoms with E-state index < -0.39 is 0 Å². The average molecular weight is 354 g/mol. The Balaban J connectivity index is 1.63. The Labute approximate surface area is 154 Å². The molecule has 6 heteroatoms. The Hall–Kier alpha value is -2.63. The summed E-state index contributed by atoms with van der Waals surface area (Å²) in [6.45, 7) is 6.89. The topological polar surface area (TPSA) is 67.3 Å². The number of hydrogen-bond donors (Lipinski definition) is 1. The van der Waals surface area contributed by atoms with Crippen LogP contribution < -0.4 is 15.0 Å². The van der Waals surface area contributed by atoms with Crippen LogP contribution in [0.15, 0.2) is 30.3 Å². The lowest BCUT2D eigenvalue weighted by molar-refractivity contribution is 0.0950. The van der Waals surface area contributed by atoms with Gasteiger partial charge in [0.05, 0.1) is 13.2 Å². The van der Waals surface area contributed by atoms with Crippen LogP contribution >= 0.6 is 0 Å². The van der Waals surface area contributed by atoms with Gasteiger partial charge in [-0.15, -0.1) is 0 Å². The number of anilines is 1. The molecule has 138 valence electrons. The van der Waals surface area contributed by atoms with Crippen LogP contribution in [-0.4, -0.2) is 35.6 Å². The smallest absolute Gasteiger partial charge is 0.251 e. The van der Waals surface area contributed by atoms with Crippen molar-refractivity contribution >= 4 is 11.7 Å². The Morgan fingerprint density at radius 2 is 1.88 bits per heavy atom. The highest BCUT2D eigenvalue weighted by molar-refractivity contribution is 5.94. The largest absolute Gasteiger partial charge is 0.494 e. The van der Waals surface area contributed by atoms with Gasteiger partial charge in [-0.3, -0.25) is 4.79 Å². The van der Waals surface area contributed by atoms with Crippen LogP contribution in [-0.2, 0) is 6.54 Å². The van der Waals surface area contributed by atoms with Crippen molar-refractivity contribution in [1.82, 2.24) is 15.3 Å². The summed E-state index contributed by atoms with van der Waals surface area (Å²) in [4.78, 5) is 23.7. The monoisotopic (exact) mass is 354 g/mol. The molecule has 2 aromatic rings. The molecule has 6 nitrogen and oxygen atoms in total. The number of rotatable bonds is 6. The molecule has 1 amide bonds. The van der Waals surface area contributed by atoms with Gasteiger partial charge in [-0.2, -0.15) is 0 Å². The predicted octanol–water partition coefficient (Wildman–Crippen LogP) is 3.10. The SMILES string of the molecule is CCOc1ccc(C(=O)NCc2nc(C)cc(N3CCCCC3)n2)cc1. The van der Waals surface area contributed by atoms with Crippen molar-refractivity contribution in [3.63, 3.8) is 0 Å². The number of nitrogens with one attached hydrogen (secondary N) is 1. The molecule has 26 heavy (non-hydrogen) atoms. The van der Waals surface area contributed by atoms with Crippen LogP contribution in [0, 0.1) is 6.92 Å². The quantitative estimate of drug-likeness (QED) is 0.863. The molecule has 0 atom stereocenters. The number of ether oxygens (including phenoxy) is 1. The number of hydrogen-bond acceptors (Lipinski definition) is 5. The first-order chi connectivity index (χ1) is 12.7. The highest BCUT2D eigenvalue weighted by Gasteiger charge is 2.14. The summed E-state index contributed by atoms with van der Waals surface area (Å²) >= 11 is 0. The van der Waals surface area contributed by atoms with E-state index in [0.29, 0.717) is 24.5 Å². The van der Waals surface area contributed by atoms with E-state index >= 15 is 0 Å². The third kappa shape index (κ3) is 4.71. The number of piperidine rings is 1. The summed E-state index contributed by atoms with van der Waals surface area (Å²) in [6.07, 6.45) is 3.69. The number of nitrogens with zero attached hydrogens (tertiary/aromatic N) is 3. The molecule has 1 aromatic carbocycles. The molecule has 1 aliphatic heterocycles. The Morgan fingerprint density at radius 1 is 1.15 bits per heavy atom. The lowest BCUT2D eigenvalue weighted by Crippen LogP contribution is -2.31. The second kappa shape index (κ2) is 8.65. The van der Waals surface area contributed by atoms with Gasteiger partial charge in [0, 0.05) is 30.4 Å². The fourth-order valence-corrected chi connectivity index (χ4v) is 3.11. The first kappa shape index (κ1) is 18.2. The first-order valence-electron chi connectivity index (χ1n) is 9.26. The summed E-state index contributed by atoms with van der Waals surface area (Å²) in [5.41, 5.74) is 1.52. The van der Waals surface area contributed by atoms with Crippen molar-refractivity contribution in [2.45, 2.75) is 39.7 Å². The number of carbonyl (C=O) groups is 1. The molecular formula is C20H26N4O2. The number of aryl methyl sites for hydroxylation is 1. The minimum absolute atomic E-state index is 0.141. The molecule has 0 saturated carbocycles. The molecule has 1 aliphatic rings. The van der Waals surface area contributed by atoms with Crippen LogP contribution in [0.4, 0.5) is 5.82 Å². The molecule has 0 unspecified atom stereocenters. The van der Waals surface area contributed by atoms with Gasteiger partial charge < -0.3 is 15.0 Å². The lowest BCUT2D eigenvalue weighted by Gasteiger charge is -2.28. The summed E-state index contributed by atoms with van der Waals surface area (Å²) in [5.74, 6) is 2.22. The van der Waals surface area contributed by atoms with Gasteiger partial charge in [0.2, 0.25) is 0 Å². The van der Waals surface area contributed by atoms with Crippen LogP contribution in [0.25, 0.3) is 0 Å². The van der Waals surface area contributed by atoms with Crippen molar-refractivity contribution in [3.8, 4) is 5.75 Å². The van der Waals surface area contributed by atoms with E-state index in [1.165, 1.54) is 19.3 Å². The molecule has 1 N–H and O–H groups in total. The zero-order valence-corrected chi connectivity index (χ0v) is 15.5. The van der Waals surface area contributed by atoms with Crippen LogP contribution in [0.3, 0.4) is 0 Å². The fourth-order valence-electron chi connectivity index (χ4n) is 3.11. The van der Waals surface area contributed by atoms with Gasteiger partial charge in [0.25, 0.3) is 5.91 Å². The van der Waals surface area contributed by atoms with Gasteiger partial charge in [0.1, 0.15) is 17.4 Å². The Kier molecular flexibility index (Phi) is 6.04. The van der Waals surface area contributed by atoms with Gasteiger partial charge in [-0.25, -0.2) is 9.97 Å². The Bertz CT molecular complexity index is 740. The molecule has 0 radical (unpaired) electrons. The maximum Gasteiger partial charge on any atom is 0.251 e. The number of aromatic nitrogens is 2. The molecule has 1 aromatic heterocycles. The molecular weight excluding hydrogens is 328 g/mol. The summed E-state index contributed by atoms with van der Waals surface area (Å²) in [6, 6.07) is 9.14. The van der Waals surface area contributed by atoms with E-state index in [0.717, 1.165) is 30.4 Å². The van der Waals surface area contributed by atoms with E-state index in [9.17, 15) is 4.79 Å². The van der Waals surface area contributed by atoms with Crippen molar-refractivity contribution in [2.75, 3.05) is 24.6 Å². The minimum Gasteiger partial charge on any atom is -0.494 e. The second-order valence-electron chi connectivity index (χ2n) is 6.47. The number of amides is 1. The van der Waals surface area contributed by atoms with Crippen LogP contribution in [0.1, 0.15) is 48.1 Å². The molecule has 1 fully saturated rings. The highest BCUT2D eigenvalue weighted by Crippen LogP contribution is 2.18. The van der Waals surface area contributed by atoms with Gasteiger partial charge in [-0.05, 0) is 57.4 Å². The summed E-state index contributed by atoms with van der Waals surface area (Å²) in [7, 11) is 0. The molecule has 0 spiro atoms. The van der Waals surface area contributed by atoms with Crippen molar-refractivity contribution in [1.29, 1.82) is 0 Å². The molecule has 1 saturated heterocycles. The van der Waals surface area contributed by atoms with Crippen molar-refractivity contribution in [3.05, 3.63) is 47.4 Å². The Morgan fingerprint density at radius 3 is 2.58 bits per heavy atom. The summed E-state index contributed by atoms with van der Waals surface area (Å²) < 4.78 is 5.40. The highest BCUT2D eigenvalue weighted by atomic mass is 16.5. The standard InChI is InChI=1S/C20H26N4O2/c1-3-26-17-9-7-16(8-10-17)20(25)21-14-18-22-15(2)13-19(23-18)24-11-5-4-6-12-24/h7-10,13H,3-6,11-12,14H2,1-2H3,(H,21,25). The van der Waals surface area contributed by atoms with E-state index in [-0.39, 0.29) is 5.91 Å². The van der Waals surface area contributed by atoms with Gasteiger partial charge >= 0.3 is 0 Å². The average Bonchev–Trinajstić information content (AvgIpc) is 2.67. The summed E-state index contributed by atoms with van der Waals surface area (Å²) in [5, 5.41) is 2.90. The maximum atomic E-state index is 12.3. The molecule has 0 bridgehead atoms. The molecule has 3 rings (SSSR count). The lowest BCUT2D eigenvalue weighted by atomic mass is 10.1. The van der Waals surface area contributed by atoms with E-state index in [1.54, 1.807) is 24.3 Å². The fraction of sp³-hybridized carbons (Fsp3) is 0.450. The van der Waals surface area contributed by atoms with Gasteiger partial charge in [-0.1, -0.05) is 0 Å². The molecule has 0 aliphatic carbocycles. The van der Waals surface area contributed by atoms with E-state index in [1.807, 2.05) is 19.9 Å². The zero-order valence-electron chi connectivity index (χ0n) is 15.5. The van der Waals surface area contributed by atoms with Crippen LogP contribution in [0.2, 0.25) is 0 Å². The van der Waals surface area contributed by atoms with Crippen LogP contribution in [0.5, 0.6) is 5.75 Å². The third-order valence-electron chi connectivity index (χ3n) is 4.40. The normalized spacial score (nSPS) is 14.2. The minimum atomic E-state index is -0.141. The van der Waals surface area contributed by atoms with E-state index in [4.69, 9.17) is 4.74 Å². The maximum absolute atomic E-state index is 12.3. The van der Waals surface area contributed by atoms with Gasteiger partial charge in [0.15, 0.2) is 0 Å². The number of carbonyl (C=O) groups excluding carboxylic acids is 1. The van der Waals surface area contributed by atoms with Crippen molar-refractivity contribution < 1.29 is 9.53 Å². The second-order valence-corrected chi connectivity index (χ2v) is 6.47. The van der Waals surface area contributed by atoms with Crippen molar-refractivity contribution in [2.24, 2.45) is 0 Å². The first-order valence-corrected chi connectivity index (χ1v) is 9.26. The predicted molar refractivity (Wildman–Crippen MR) is 102 cm³/mol. The third-order valence-corrected chi connectivity index (χ3v) is 4.40.